The van der Waals surface area contributed by atoms with Crippen LogP contribution < -0.4 is 4.74 Å². The van der Waals surface area contributed by atoms with Crippen LogP contribution in [0, 0.1) is 10.1 Å². The van der Waals surface area contributed by atoms with E-state index in [2.05, 4.69) is 4.98 Å². The van der Waals surface area contributed by atoms with Gasteiger partial charge in [-0.2, -0.15) is 0 Å². The summed E-state index contributed by atoms with van der Waals surface area (Å²) in [5, 5.41) is 11.1. The van der Waals surface area contributed by atoms with Crippen molar-refractivity contribution in [3.8, 4) is 11.5 Å². The number of hydrogen-bond acceptors (Lipinski definition) is 5. The molecule has 0 aliphatic carbocycles. The largest absolute Gasteiger partial charge is 0.456 e. The van der Waals surface area contributed by atoms with Crippen molar-refractivity contribution in [1.82, 2.24) is 4.98 Å². The van der Waals surface area contributed by atoms with Crippen molar-refractivity contribution in [1.29, 1.82) is 0 Å². The lowest BCUT2D eigenvalue weighted by atomic mass is 10.2. The third-order valence-corrected chi connectivity index (χ3v) is 2.44. The van der Waals surface area contributed by atoms with Crippen molar-refractivity contribution in [3.05, 3.63) is 57.4 Å². The zero-order valence-electron chi connectivity index (χ0n) is 9.45. The average molecular weight is 279 g/mol. The fraction of sp³-hybridized carbons (Fsp3) is 0. The SMILES string of the molecule is O=Cc1cc(Oc2cncc(Cl)c2)ccc1[N+](=O)[O-]. The monoisotopic (exact) mass is 278 g/mol. The number of carbonyl (C=O) groups is 1. The highest BCUT2D eigenvalue weighted by Crippen LogP contribution is 2.27. The Morgan fingerprint density at radius 2 is 2.05 bits per heavy atom. The molecule has 0 aliphatic rings. The summed E-state index contributed by atoms with van der Waals surface area (Å²) in [4.78, 5) is 24.7. The van der Waals surface area contributed by atoms with Gasteiger partial charge in [0.1, 0.15) is 11.5 Å². The molecule has 96 valence electrons. The van der Waals surface area contributed by atoms with E-state index in [0.717, 1.165) is 0 Å². The minimum absolute atomic E-state index is 0.0579. The van der Waals surface area contributed by atoms with Gasteiger partial charge < -0.3 is 4.74 Å². The van der Waals surface area contributed by atoms with Gasteiger partial charge in [-0.3, -0.25) is 19.9 Å². The second kappa shape index (κ2) is 5.45. The summed E-state index contributed by atoms with van der Waals surface area (Å²) in [7, 11) is 0. The number of aromatic nitrogens is 1. The van der Waals surface area contributed by atoms with E-state index in [1.165, 1.54) is 36.7 Å². The first-order chi connectivity index (χ1) is 9.10. The van der Waals surface area contributed by atoms with Crippen molar-refractivity contribution in [3.63, 3.8) is 0 Å². The summed E-state index contributed by atoms with van der Waals surface area (Å²) in [6, 6.07) is 5.42. The van der Waals surface area contributed by atoms with Crippen LogP contribution in [-0.2, 0) is 0 Å². The van der Waals surface area contributed by atoms with E-state index < -0.39 is 4.92 Å². The molecule has 0 atom stereocenters. The zero-order valence-corrected chi connectivity index (χ0v) is 10.2. The molecule has 1 aromatic carbocycles. The van der Waals surface area contributed by atoms with Gasteiger partial charge in [-0.05, 0) is 12.1 Å². The van der Waals surface area contributed by atoms with Crippen molar-refractivity contribution in [2.24, 2.45) is 0 Å². The summed E-state index contributed by atoms with van der Waals surface area (Å²) >= 11 is 5.75. The summed E-state index contributed by atoms with van der Waals surface area (Å²) in [5.41, 5.74) is -0.330. The molecule has 0 saturated carbocycles. The first kappa shape index (κ1) is 13.0. The Morgan fingerprint density at radius 1 is 1.26 bits per heavy atom. The first-order valence-corrected chi connectivity index (χ1v) is 5.50. The topological polar surface area (TPSA) is 82.3 Å². The maximum absolute atomic E-state index is 10.8. The van der Waals surface area contributed by atoms with Gasteiger partial charge in [0.2, 0.25) is 0 Å². The lowest BCUT2D eigenvalue weighted by Crippen LogP contribution is -1.95. The molecule has 1 heterocycles. The Morgan fingerprint density at radius 3 is 2.68 bits per heavy atom. The number of rotatable bonds is 4. The molecule has 6 nitrogen and oxygen atoms in total. The van der Waals surface area contributed by atoms with E-state index in [4.69, 9.17) is 16.3 Å². The molecule has 0 radical (unpaired) electrons. The Kier molecular flexibility index (Phi) is 3.72. The van der Waals surface area contributed by atoms with Crippen LogP contribution in [0.15, 0.2) is 36.7 Å². The molecule has 7 heteroatoms. The average Bonchev–Trinajstić information content (AvgIpc) is 2.38. The van der Waals surface area contributed by atoms with Gasteiger partial charge in [0, 0.05) is 18.3 Å². The standard InChI is InChI=1S/C12H7ClN2O4/c13-9-4-11(6-14-5-9)19-10-1-2-12(15(17)18)8(3-10)7-16/h1-7H. The van der Waals surface area contributed by atoms with Crippen LogP contribution in [0.25, 0.3) is 0 Å². The molecule has 0 saturated heterocycles. The Bertz CT molecular complexity index is 645. The van der Waals surface area contributed by atoms with E-state index in [9.17, 15) is 14.9 Å². The molecular formula is C12H7ClN2O4. The van der Waals surface area contributed by atoms with Gasteiger partial charge in [0.25, 0.3) is 5.69 Å². The van der Waals surface area contributed by atoms with Gasteiger partial charge in [-0.15, -0.1) is 0 Å². The molecular weight excluding hydrogens is 272 g/mol. The Labute approximate surface area is 112 Å². The van der Waals surface area contributed by atoms with Crippen molar-refractivity contribution >= 4 is 23.6 Å². The van der Waals surface area contributed by atoms with Gasteiger partial charge in [-0.25, -0.2) is 0 Å². The zero-order chi connectivity index (χ0) is 13.8. The summed E-state index contributed by atoms with van der Waals surface area (Å²) in [5.74, 6) is 0.662. The predicted octanol–water partition coefficient (Wildman–Crippen LogP) is 3.25. The van der Waals surface area contributed by atoms with Gasteiger partial charge in [0.15, 0.2) is 6.29 Å². The lowest BCUT2D eigenvalue weighted by molar-refractivity contribution is -0.385. The van der Waals surface area contributed by atoms with Crippen LogP contribution in [0.5, 0.6) is 11.5 Å². The van der Waals surface area contributed by atoms with Crippen molar-refractivity contribution in [2.75, 3.05) is 0 Å². The summed E-state index contributed by atoms with van der Waals surface area (Å²) in [6.45, 7) is 0. The van der Waals surface area contributed by atoms with E-state index in [1.54, 1.807) is 0 Å². The minimum Gasteiger partial charge on any atom is -0.456 e. The van der Waals surface area contributed by atoms with Crippen LogP contribution in [0.3, 0.4) is 0 Å². The molecule has 19 heavy (non-hydrogen) atoms. The maximum Gasteiger partial charge on any atom is 0.280 e. The molecule has 0 unspecified atom stereocenters. The van der Waals surface area contributed by atoms with Crippen LogP contribution in [-0.4, -0.2) is 16.2 Å². The molecule has 1 aromatic heterocycles. The minimum atomic E-state index is -0.631. The molecule has 0 bridgehead atoms. The molecule has 0 amide bonds. The van der Waals surface area contributed by atoms with E-state index in [0.29, 0.717) is 17.1 Å². The van der Waals surface area contributed by atoms with Crippen LogP contribution in [0.4, 0.5) is 5.69 Å². The number of benzene rings is 1. The molecule has 2 aromatic rings. The van der Waals surface area contributed by atoms with Crippen molar-refractivity contribution < 1.29 is 14.5 Å². The second-order valence-corrected chi connectivity index (χ2v) is 3.97. The van der Waals surface area contributed by atoms with E-state index in [1.807, 2.05) is 0 Å². The fourth-order valence-electron chi connectivity index (χ4n) is 1.44. The van der Waals surface area contributed by atoms with Crippen LogP contribution in [0.2, 0.25) is 5.02 Å². The van der Waals surface area contributed by atoms with Crippen LogP contribution in [0.1, 0.15) is 10.4 Å². The smallest absolute Gasteiger partial charge is 0.280 e. The van der Waals surface area contributed by atoms with Gasteiger partial charge in [-0.1, -0.05) is 11.6 Å². The molecule has 0 N–H and O–H groups in total. The van der Waals surface area contributed by atoms with Crippen molar-refractivity contribution in [2.45, 2.75) is 0 Å². The number of halogens is 1. The number of hydrogen-bond donors (Lipinski definition) is 0. The number of carbonyl (C=O) groups excluding carboxylic acids is 1. The number of ether oxygens (including phenoxy) is 1. The molecule has 0 aliphatic heterocycles. The van der Waals surface area contributed by atoms with E-state index in [-0.39, 0.29) is 17.0 Å². The number of nitrogens with zero attached hydrogens (tertiary/aromatic N) is 2. The number of pyridine rings is 1. The molecule has 0 spiro atoms. The Balaban J connectivity index is 2.31. The lowest BCUT2D eigenvalue weighted by Gasteiger charge is -2.06. The predicted molar refractivity (Wildman–Crippen MR) is 67.8 cm³/mol. The summed E-state index contributed by atoms with van der Waals surface area (Å²) in [6.07, 6.45) is 3.29. The number of nitro benzene ring substituents is 1. The second-order valence-electron chi connectivity index (χ2n) is 3.54. The quantitative estimate of drug-likeness (QED) is 0.487. The highest BCUT2D eigenvalue weighted by molar-refractivity contribution is 6.30. The molecule has 2 rings (SSSR count). The first-order valence-electron chi connectivity index (χ1n) is 5.12. The highest BCUT2D eigenvalue weighted by Gasteiger charge is 2.14. The molecule has 0 fully saturated rings. The maximum atomic E-state index is 10.8. The van der Waals surface area contributed by atoms with E-state index >= 15 is 0 Å². The third kappa shape index (κ3) is 3.05. The highest BCUT2D eigenvalue weighted by atomic mass is 35.5. The fourth-order valence-corrected chi connectivity index (χ4v) is 1.60. The van der Waals surface area contributed by atoms with Gasteiger partial charge in [0.05, 0.1) is 21.7 Å². The van der Waals surface area contributed by atoms with Gasteiger partial charge >= 0.3 is 0 Å². The van der Waals surface area contributed by atoms with Crippen LogP contribution >= 0.6 is 11.6 Å². The summed E-state index contributed by atoms with van der Waals surface area (Å²) < 4.78 is 5.41. The number of aldehydes is 1. The normalized spacial score (nSPS) is 9.95. The Hall–Kier alpha value is -2.47. The third-order valence-electron chi connectivity index (χ3n) is 2.24. The number of nitro groups is 1.